The molecule has 0 saturated carbocycles. The van der Waals surface area contributed by atoms with E-state index >= 15 is 0 Å². The molecular weight excluding hydrogens is 273 g/mol. The van der Waals surface area contributed by atoms with Crippen molar-refractivity contribution >= 4 is 11.7 Å². The number of benzene rings is 2. The largest absolute Gasteiger partial charge is 0.508 e. The SMILES string of the molecule is CC(=O)NCC(=O)c1ccc(O)cc1-c1cccc(F)c1. The summed E-state index contributed by atoms with van der Waals surface area (Å²) < 4.78 is 13.3. The number of ketones is 1. The van der Waals surface area contributed by atoms with Gasteiger partial charge >= 0.3 is 0 Å². The molecule has 0 saturated heterocycles. The first kappa shape index (κ1) is 14.7. The molecule has 2 aromatic rings. The van der Waals surface area contributed by atoms with Gasteiger partial charge in [0, 0.05) is 12.5 Å². The van der Waals surface area contributed by atoms with E-state index in [2.05, 4.69) is 5.32 Å². The molecule has 4 nitrogen and oxygen atoms in total. The number of nitrogens with one attached hydrogen (secondary N) is 1. The molecule has 0 spiro atoms. The van der Waals surface area contributed by atoms with Crippen LogP contribution in [0.1, 0.15) is 17.3 Å². The number of carbonyl (C=O) groups is 2. The van der Waals surface area contributed by atoms with Gasteiger partial charge in [-0.3, -0.25) is 9.59 Å². The zero-order chi connectivity index (χ0) is 15.4. The summed E-state index contributed by atoms with van der Waals surface area (Å²) in [4.78, 5) is 23.0. The number of Topliss-reactive ketones (excluding diaryl/α,β-unsaturated/α-hetero) is 1. The van der Waals surface area contributed by atoms with Crippen LogP contribution in [-0.2, 0) is 4.79 Å². The van der Waals surface area contributed by atoms with E-state index in [1.807, 2.05) is 0 Å². The second-order valence-corrected chi connectivity index (χ2v) is 4.57. The third-order valence-electron chi connectivity index (χ3n) is 2.94. The van der Waals surface area contributed by atoms with Crippen LogP contribution in [0, 0.1) is 5.82 Å². The molecule has 0 aromatic heterocycles. The number of phenolic OH excluding ortho intramolecular Hbond substituents is 1. The summed E-state index contributed by atoms with van der Waals surface area (Å²) >= 11 is 0. The van der Waals surface area contributed by atoms with Crippen molar-refractivity contribution in [3.8, 4) is 16.9 Å². The minimum Gasteiger partial charge on any atom is -0.508 e. The van der Waals surface area contributed by atoms with Gasteiger partial charge in [-0.2, -0.15) is 0 Å². The van der Waals surface area contributed by atoms with Crippen LogP contribution in [-0.4, -0.2) is 23.3 Å². The van der Waals surface area contributed by atoms with Crippen LogP contribution in [0.25, 0.3) is 11.1 Å². The highest BCUT2D eigenvalue weighted by Gasteiger charge is 2.14. The molecule has 0 radical (unpaired) electrons. The number of carbonyl (C=O) groups excluding carboxylic acids is 2. The fraction of sp³-hybridized carbons (Fsp3) is 0.125. The number of phenols is 1. The van der Waals surface area contributed by atoms with Crippen molar-refractivity contribution in [2.75, 3.05) is 6.54 Å². The van der Waals surface area contributed by atoms with Gasteiger partial charge in [0.15, 0.2) is 5.78 Å². The lowest BCUT2D eigenvalue weighted by Crippen LogP contribution is -2.27. The van der Waals surface area contributed by atoms with Crippen molar-refractivity contribution in [1.82, 2.24) is 5.32 Å². The molecular formula is C16H14FNO3. The summed E-state index contributed by atoms with van der Waals surface area (Å²) in [6, 6.07) is 9.98. The van der Waals surface area contributed by atoms with Crippen molar-refractivity contribution in [2.24, 2.45) is 0 Å². The zero-order valence-electron chi connectivity index (χ0n) is 11.4. The molecule has 0 aliphatic rings. The predicted molar refractivity (Wildman–Crippen MR) is 76.5 cm³/mol. The van der Waals surface area contributed by atoms with Crippen LogP contribution in [0.3, 0.4) is 0 Å². The fourth-order valence-corrected chi connectivity index (χ4v) is 1.97. The Hall–Kier alpha value is -2.69. The molecule has 2 rings (SSSR count). The number of hydrogen-bond acceptors (Lipinski definition) is 3. The molecule has 2 aromatic carbocycles. The summed E-state index contributed by atoms with van der Waals surface area (Å²) in [5.41, 5.74) is 1.22. The maximum atomic E-state index is 13.3. The van der Waals surface area contributed by atoms with Crippen LogP contribution in [0.2, 0.25) is 0 Å². The second-order valence-electron chi connectivity index (χ2n) is 4.57. The highest BCUT2D eigenvalue weighted by molar-refractivity contribution is 6.04. The Balaban J connectivity index is 2.43. The predicted octanol–water partition coefficient (Wildman–Crippen LogP) is 2.52. The van der Waals surface area contributed by atoms with Crippen LogP contribution in [0.4, 0.5) is 4.39 Å². The van der Waals surface area contributed by atoms with E-state index in [0.717, 1.165) is 0 Å². The Morgan fingerprint density at radius 1 is 1.19 bits per heavy atom. The fourth-order valence-electron chi connectivity index (χ4n) is 1.97. The monoisotopic (exact) mass is 287 g/mol. The first-order valence-electron chi connectivity index (χ1n) is 6.34. The zero-order valence-corrected chi connectivity index (χ0v) is 11.4. The van der Waals surface area contributed by atoms with Crippen LogP contribution < -0.4 is 5.32 Å². The molecule has 0 bridgehead atoms. The third-order valence-corrected chi connectivity index (χ3v) is 2.94. The number of halogens is 1. The molecule has 0 unspecified atom stereocenters. The number of aromatic hydroxyl groups is 1. The lowest BCUT2D eigenvalue weighted by Gasteiger charge is -2.10. The average Bonchev–Trinajstić information content (AvgIpc) is 2.44. The van der Waals surface area contributed by atoms with Gasteiger partial charge in [0.05, 0.1) is 6.54 Å². The summed E-state index contributed by atoms with van der Waals surface area (Å²) in [7, 11) is 0. The third kappa shape index (κ3) is 3.66. The van der Waals surface area contributed by atoms with Gasteiger partial charge in [0.25, 0.3) is 0 Å². The molecule has 1 amide bonds. The van der Waals surface area contributed by atoms with Gasteiger partial charge in [-0.25, -0.2) is 4.39 Å². The van der Waals surface area contributed by atoms with Gasteiger partial charge < -0.3 is 10.4 Å². The maximum absolute atomic E-state index is 13.3. The van der Waals surface area contributed by atoms with Gasteiger partial charge in [0.1, 0.15) is 11.6 Å². The van der Waals surface area contributed by atoms with Crippen molar-refractivity contribution in [1.29, 1.82) is 0 Å². The molecule has 2 N–H and O–H groups in total. The Morgan fingerprint density at radius 2 is 1.95 bits per heavy atom. The van der Waals surface area contributed by atoms with E-state index in [9.17, 15) is 19.1 Å². The van der Waals surface area contributed by atoms with Crippen LogP contribution in [0.15, 0.2) is 42.5 Å². The van der Waals surface area contributed by atoms with Crippen molar-refractivity contribution in [2.45, 2.75) is 6.92 Å². The second kappa shape index (κ2) is 6.17. The number of rotatable bonds is 4. The quantitative estimate of drug-likeness (QED) is 0.849. The summed E-state index contributed by atoms with van der Waals surface area (Å²) in [5.74, 6) is -1.08. The average molecular weight is 287 g/mol. The molecule has 0 atom stereocenters. The summed E-state index contributed by atoms with van der Waals surface area (Å²) in [6.45, 7) is 1.17. The molecule has 108 valence electrons. The molecule has 21 heavy (non-hydrogen) atoms. The first-order chi connectivity index (χ1) is 9.97. The highest BCUT2D eigenvalue weighted by Crippen LogP contribution is 2.28. The van der Waals surface area contributed by atoms with E-state index in [-0.39, 0.29) is 24.0 Å². The van der Waals surface area contributed by atoms with E-state index < -0.39 is 5.82 Å². The van der Waals surface area contributed by atoms with Crippen molar-refractivity contribution < 1.29 is 19.1 Å². The molecule has 5 heteroatoms. The number of hydrogen-bond donors (Lipinski definition) is 2. The first-order valence-corrected chi connectivity index (χ1v) is 6.34. The van der Waals surface area contributed by atoms with E-state index in [4.69, 9.17) is 0 Å². The maximum Gasteiger partial charge on any atom is 0.217 e. The van der Waals surface area contributed by atoms with E-state index in [1.54, 1.807) is 6.07 Å². The van der Waals surface area contributed by atoms with Gasteiger partial charge in [-0.05, 0) is 41.5 Å². The van der Waals surface area contributed by atoms with Crippen molar-refractivity contribution in [3.63, 3.8) is 0 Å². The summed E-state index contributed by atoms with van der Waals surface area (Å²) in [5, 5.41) is 12.0. The normalized spacial score (nSPS) is 10.2. The lowest BCUT2D eigenvalue weighted by atomic mass is 9.96. The molecule has 0 fully saturated rings. The molecule has 0 aliphatic carbocycles. The molecule has 0 aliphatic heterocycles. The standard InChI is InChI=1S/C16H14FNO3/c1-10(19)18-9-16(21)14-6-5-13(20)8-15(14)11-3-2-4-12(17)7-11/h2-8,20H,9H2,1H3,(H,18,19). The Morgan fingerprint density at radius 3 is 2.62 bits per heavy atom. The topological polar surface area (TPSA) is 66.4 Å². The minimum atomic E-state index is -0.434. The van der Waals surface area contributed by atoms with Crippen molar-refractivity contribution in [3.05, 3.63) is 53.8 Å². The molecule has 0 heterocycles. The van der Waals surface area contributed by atoms with E-state index in [0.29, 0.717) is 16.7 Å². The van der Waals surface area contributed by atoms with E-state index in [1.165, 1.54) is 43.3 Å². The lowest BCUT2D eigenvalue weighted by molar-refractivity contribution is -0.118. The minimum absolute atomic E-state index is 0.0228. The number of amides is 1. The van der Waals surface area contributed by atoms with Gasteiger partial charge in [-0.15, -0.1) is 0 Å². The highest BCUT2D eigenvalue weighted by atomic mass is 19.1. The van der Waals surface area contributed by atoms with Crippen LogP contribution in [0.5, 0.6) is 5.75 Å². The Labute approximate surface area is 121 Å². The Kier molecular flexibility index (Phi) is 4.33. The summed E-state index contributed by atoms with van der Waals surface area (Å²) in [6.07, 6.45) is 0. The Bertz CT molecular complexity index is 698. The van der Waals surface area contributed by atoms with Gasteiger partial charge in [0.2, 0.25) is 5.91 Å². The smallest absolute Gasteiger partial charge is 0.217 e. The van der Waals surface area contributed by atoms with Gasteiger partial charge in [-0.1, -0.05) is 12.1 Å². The van der Waals surface area contributed by atoms with Crippen LogP contribution >= 0.6 is 0 Å².